The van der Waals surface area contributed by atoms with Crippen molar-refractivity contribution in [1.82, 2.24) is 14.8 Å². The van der Waals surface area contributed by atoms with Crippen LogP contribution in [0, 0.1) is 10.1 Å². The first-order valence-electron chi connectivity index (χ1n) is 10.3. The van der Waals surface area contributed by atoms with Gasteiger partial charge in [-0.15, -0.1) is 10.2 Å². The van der Waals surface area contributed by atoms with Crippen LogP contribution in [0.5, 0.6) is 11.5 Å². The summed E-state index contributed by atoms with van der Waals surface area (Å²) in [5.41, 5.74) is 2.83. The van der Waals surface area contributed by atoms with E-state index in [4.69, 9.17) is 9.47 Å². The van der Waals surface area contributed by atoms with E-state index in [-0.39, 0.29) is 5.69 Å². The average Bonchev–Trinajstić information content (AvgIpc) is 3.27. The predicted octanol–water partition coefficient (Wildman–Crippen LogP) is 5.54. The number of rotatable bonds is 9. The van der Waals surface area contributed by atoms with Crippen LogP contribution in [0.25, 0.3) is 17.1 Å². The van der Waals surface area contributed by atoms with Crippen LogP contribution in [0.15, 0.2) is 78.0 Å². The Bertz CT molecular complexity index is 1220. The number of nitro benzene ring substituents is 1. The highest BCUT2D eigenvalue weighted by Crippen LogP contribution is 2.31. The first kappa shape index (κ1) is 22.3. The minimum atomic E-state index is -0.402. The zero-order valence-corrected chi connectivity index (χ0v) is 19.0. The molecule has 3 aromatic carbocycles. The maximum atomic E-state index is 10.9. The van der Waals surface area contributed by atoms with Crippen LogP contribution in [-0.4, -0.2) is 33.4 Å². The number of thioether (sulfide) groups is 1. The Balaban J connectivity index is 1.66. The normalized spacial score (nSPS) is 10.7. The van der Waals surface area contributed by atoms with Gasteiger partial charge >= 0.3 is 0 Å². The minimum absolute atomic E-state index is 0.0723. The second kappa shape index (κ2) is 10.2. The van der Waals surface area contributed by atoms with Crippen molar-refractivity contribution in [1.29, 1.82) is 0 Å². The number of aromatic nitrogens is 3. The Labute approximate surface area is 195 Å². The van der Waals surface area contributed by atoms with Crippen LogP contribution >= 0.6 is 11.8 Å². The first-order chi connectivity index (χ1) is 16.1. The minimum Gasteiger partial charge on any atom is -0.497 e. The topological polar surface area (TPSA) is 92.3 Å². The molecule has 4 rings (SSSR count). The molecule has 0 N–H and O–H groups in total. The Morgan fingerprint density at radius 2 is 1.61 bits per heavy atom. The van der Waals surface area contributed by atoms with Gasteiger partial charge in [0.05, 0.1) is 18.6 Å². The maximum absolute atomic E-state index is 10.9. The van der Waals surface area contributed by atoms with Gasteiger partial charge in [-0.2, -0.15) is 0 Å². The molecular formula is C24H22N4O4S. The molecule has 0 unspecified atom stereocenters. The fraction of sp³-hybridized carbons (Fsp3) is 0.167. The number of benzene rings is 3. The van der Waals surface area contributed by atoms with E-state index < -0.39 is 4.92 Å². The second-order valence-electron chi connectivity index (χ2n) is 7.01. The molecule has 9 heteroatoms. The van der Waals surface area contributed by atoms with Crippen LogP contribution in [0.2, 0.25) is 0 Å². The van der Waals surface area contributed by atoms with Crippen molar-refractivity contribution in [3.8, 4) is 28.6 Å². The molecule has 0 saturated heterocycles. The molecule has 1 aromatic heterocycles. The molecule has 4 aromatic rings. The lowest BCUT2D eigenvalue weighted by molar-refractivity contribution is -0.384. The highest BCUT2D eigenvalue weighted by molar-refractivity contribution is 7.98. The molecule has 0 radical (unpaired) electrons. The summed E-state index contributed by atoms with van der Waals surface area (Å²) in [6.45, 7) is 2.54. The number of nitrogens with zero attached hydrogens (tertiary/aromatic N) is 4. The number of non-ortho nitro benzene ring substituents is 1. The molecule has 0 aliphatic rings. The molecule has 33 heavy (non-hydrogen) atoms. The van der Waals surface area contributed by atoms with Crippen LogP contribution in [0.3, 0.4) is 0 Å². The van der Waals surface area contributed by atoms with E-state index >= 15 is 0 Å². The van der Waals surface area contributed by atoms with Crippen molar-refractivity contribution in [3.63, 3.8) is 0 Å². The van der Waals surface area contributed by atoms with Crippen LogP contribution in [0.4, 0.5) is 5.69 Å². The second-order valence-corrected chi connectivity index (χ2v) is 7.95. The van der Waals surface area contributed by atoms with E-state index in [2.05, 4.69) is 10.2 Å². The third-order valence-electron chi connectivity index (χ3n) is 4.90. The molecule has 0 aliphatic heterocycles. The zero-order chi connectivity index (χ0) is 23.2. The van der Waals surface area contributed by atoms with Gasteiger partial charge < -0.3 is 9.47 Å². The number of hydrogen-bond donors (Lipinski definition) is 0. The largest absolute Gasteiger partial charge is 0.497 e. The molecule has 0 bridgehead atoms. The Hall–Kier alpha value is -3.85. The third-order valence-corrected chi connectivity index (χ3v) is 5.90. The van der Waals surface area contributed by atoms with E-state index in [1.807, 2.05) is 60.0 Å². The molecule has 1 heterocycles. The van der Waals surface area contributed by atoms with Gasteiger partial charge in [0.1, 0.15) is 11.5 Å². The fourth-order valence-corrected chi connectivity index (χ4v) is 4.15. The highest BCUT2D eigenvalue weighted by Gasteiger charge is 2.17. The molecule has 0 fully saturated rings. The number of ether oxygens (including phenoxy) is 2. The predicted molar refractivity (Wildman–Crippen MR) is 127 cm³/mol. The summed E-state index contributed by atoms with van der Waals surface area (Å²) >= 11 is 1.51. The molecule has 168 valence electrons. The number of methoxy groups -OCH3 is 1. The van der Waals surface area contributed by atoms with Gasteiger partial charge in [0.15, 0.2) is 11.0 Å². The standard InChI is InChI=1S/C24H22N4O4S/c1-3-32-22-14-10-19(11-15-22)27-23(18-6-12-21(31-2)13-7-18)25-26-24(27)33-16-17-4-8-20(9-5-17)28(29)30/h4-15H,3,16H2,1-2H3. The van der Waals surface area contributed by atoms with Crippen LogP contribution < -0.4 is 9.47 Å². The lowest BCUT2D eigenvalue weighted by Gasteiger charge is -2.12. The average molecular weight is 463 g/mol. The highest BCUT2D eigenvalue weighted by atomic mass is 32.2. The van der Waals surface area contributed by atoms with E-state index in [9.17, 15) is 10.1 Å². The van der Waals surface area contributed by atoms with Crippen molar-refractivity contribution < 1.29 is 14.4 Å². The smallest absolute Gasteiger partial charge is 0.269 e. The zero-order valence-electron chi connectivity index (χ0n) is 18.2. The lowest BCUT2D eigenvalue weighted by Crippen LogP contribution is -2.00. The summed E-state index contributed by atoms with van der Waals surface area (Å²) in [6.07, 6.45) is 0. The third kappa shape index (κ3) is 5.15. The Kier molecular flexibility index (Phi) is 6.89. The molecule has 0 amide bonds. The summed E-state index contributed by atoms with van der Waals surface area (Å²) in [6, 6.07) is 22.0. The summed E-state index contributed by atoms with van der Waals surface area (Å²) in [5, 5.41) is 20.5. The van der Waals surface area contributed by atoms with Gasteiger partial charge in [-0.3, -0.25) is 14.7 Å². The molecule has 0 spiro atoms. The quantitative estimate of drug-likeness (QED) is 0.183. The van der Waals surface area contributed by atoms with E-state index in [0.29, 0.717) is 23.3 Å². The monoisotopic (exact) mass is 462 g/mol. The van der Waals surface area contributed by atoms with E-state index in [1.54, 1.807) is 19.2 Å². The molecule has 0 atom stereocenters. The van der Waals surface area contributed by atoms with Gasteiger partial charge in [0.25, 0.3) is 5.69 Å². The summed E-state index contributed by atoms with van der Waals surface area (Å²) < 4.78 is 12.8. The van der Waals surface area contributed by atoms with E-state index in [0.717, 1.165) is 28.3 Å². The fourth-order valence-electron chi connectivity index (χ4n) is 3.24. The van der Waals surface area contributed by atoms with Gasteiger partial charge in [0.2, 0.25) is 0 Å². The SMILES string of the molecule is CCOc1ccc(-n2c(SCc3ccc([N+](=O)[O-])cc3)nnc2-c2ccc(OC)cc2)cc1. The molecule has 8 nitrogen and oxygen atoms in total. The van der Waals surface area contributed by atoms with Crippen molar-refractivity contribution >= 4 is 17.4 Å². The Morgan fingerprint density at radius 3 is 2.21 bits per heavy atom. The number of hydrogen-bond acceptors (Lipinski definition) is 7. The molecule has 0 aliphatic carbocycles. The first-order valence-corrected chi connectivity index (χ1v) is 11.3. The van der Waals surface area contributed by atoms with Crippen molar-refractivity contribution in [3.05, 3.63) is 88.5 Å². The number of nitro groups is 1. The van der Waals surface area contributed by atoms with Crippen molar-refractivity contribution in [2.75, 3.05) is 13.7 Å². The van der Waals surface area contributed by atoms with Gasteiger partial charge in [-0.1, -0.05) is 23.9 Å². The van der Waals surface area contributed by atoms with Gasteiger partial charge in [0, 0.05) is 29.1 Å². The van der Waals surface area contributed by atoms with E-state index in [1.165, 1.54) is 23.9 Å². The molecule has 0 saturated carbocycles. The van der Waals surface area contributed by atoms with Crippen LogP contribution in [-0.2, 0) is 5.75 Å². The molecular weight excluding hydrogens is 440 g/mol. The Morgan fingerprint density at radius 1 is 0.939 bits per heavy atom. The summed E-state index contributed by atoms with van der Waals surface area (Å²) in [4.78, 5) is 10.5. The maximum Gasteiger partial charge on any atom is 0.269 e. The van der Waals surface area contributed by atoms with Crippen molar-refractivity contribution in [2.45, 2.75) is 17.8 Å². The summed E-state index contributed by atoms with van der Waals surface area (Å²) in [5.74, 6) is 2.85. The van der Waals surface area contributed by atoms with Crippen LogP contribution in [0.1, 0.15) is 12.5 Å². The van der Waals surface area contributed by atoms with Gasteiger partial charge in [-0.05, 0) is 61.0 Å². The van der Waals surface area contributed by atoms with Gasteiger partial charge in [-0.25, -0.2) is 0 Å². The lowest BCUT2D eigenvalue weighted by atomic mass is 10.2. The summed E-state index contributed by atoms with van der Waals surface area (Å²) in [7, 11) is 1.63. The van der Waals surface area contributed by atoms with Crippen molar-refractivity contribution in [2.24, 2.45) is 0 Å².